The Morgan fingerprint density at radius 1 is 1.17 bits per heavy atom. The van der Waals surface area contributed by atoms with Crippen molar-refractivity contribution in [3.63, 3.8) is 0 Å². The third-order valence-corrected chi connectivity index (χ3v) is 1.72. The Morgan fingerprint density at radius 3 is 2.17 bits per heavy atom. The minimum Gasteiger partial charge on any atom is -0.347 e. The molecule has 0 amide bonds. The van der Waals surface area contributed by atoms with Crippen LogP contribution in [0.2, 0.25) is 0 Å². The highest BCUT2D eigenvalue weighted by Crippen LogP contribution is 2.08. The van der Waals surface area contributed by atoms with Crippen molar-refractivity contribution in [3.05, 3.63) is 0 Å². The Bertz CT molecular complexity index is 242. The van der Waals surface area contributed by atoms with E-state index in [2.05, 4.69) is 22.1 Å². The van der Waals surface area contributed by atoms with Crippen molar-refractivity contribution in [2.24, 2.45) is 0 Å². The van der Waals surface area contributed by atoms with E-state index in [1.165, 1.54) is 0 Å². The molecule has 1 N–H and O–H groups in total. The van der Waals surface area contributed by atoms with Crippen molar-refractivity contribution < 1.29 is 0 Å². The van der Waals surface area contributed by atoms with Gasteiger partial charge in [0, 0.05) is 27.7 Å². The van der Waals surface area contributed by atoms with E-state index in [9.17, 15) is 0 Å². The predicted molar refractivity (Wildman–Crippen MR) is 49.7 cm³/mol. The molecule has 0 aromatic carbocycles. The Labute approximate surface area is 72.4 Å². The molecule has 0 aliphatic heterocycles. The number of hydrogen-bond donors (Lipinski definition) is 1. The molecule has 0 fully saturated rings. The molecule has 0 bridgehead atoms. The van der Waals surface area contributed by atoms with Crippen LogP contribution in [-0.2, 0) is 0 Å². The molecule has 5 nitrogen and oxygen atoms in total. The molecule has 12 heavy (non-hydrogen) atoms. The first-order valence-corrected chi connectivity index (χ1v) is 3.96. The van der Waals surface area contributed by atoms with E-state index in [4.69, 9.17) is 0 Å². The lowest BCUT2D eigenvalue weighted by Crippen LogP contribution is -2.17. The number of hydrogen-bond acceptors (Lipinski definition) is 4. The summed E-state index contributed by atoms with van der Waals surface area (Å²) in [6, 6.07) is 0. The summed E-state index contributed by atoms with van der Waals surface area (Å²) < 4.78 is 0. The standard InChI is InChI=1S/C7H15N5/c1-5-12(4)7-8-6(9-10-7)11(2)3/h5H2,1-4H3,(H,8,9,10). The number of H-pyrrole nitrogens is 1. The summed E-state index contributed by atoms with van der Waals surface area (Å²) in [5.74, 6) is 1.59. The highest BCUT2D eigenvalue weighted by molar-refractivity contribution is 5.36. The second-order valence-corrected chi connectivity index (χ2v) is 2.88. The molecule has 1 aromatic rings. The molecule has 0 saturated heterocycles. The topological polar surface area (TPSA) is 48.1 Å². The largest absolute Gasteiger partial charge is 0.347 e. The van der Waals surface area contributed by atoms with E-state index in [0.717, 1.165) is 18.4 Å². The molecule has 1 aromatic heterocycles. The van der Waals surface area contributed by atoms with Crippen LogP contribution in [0.1, 0.15) is 6.92 Å². The lowest BCUT2D eigenvalue weighted by atomic mass is 10.6. The van der Waals surface area contributed by atoms with Gasteiger partial charge in [-0.25, -0.2) is 0 Å². The van der Waals surface area contributed by atoms with Gasteiger partial charge in [0.2, 0.25) is 11.9 Å². The Hall–Kier alpha value is -1.26. The maximum atomic E-state index is 3.99. The molecule has 0 aliphatic rings. The summed E-state index contributed by atoms with van der Waals surface area (Å²) in [4.78, 5) is 6.98. The van der Waals surface area contributed by atoms with Crippen LogP contribution in [0.4, 0.5) is 11.9 Å². The van der Waals surface area contributed by atoms with Gasteiger partial charge in [-0.2, -0.15) is 0 Å². The van der Waals surface area contributed by atoms with E-state index in [1.807, 2.05) is 30.9 Å². The number of nitrogens with one attached hydrogen (secondary N) is 1. The van der Waals surface area contributed by atoms with E-state index in [-0.39, 0.29) is 0 Å². The summed E-state index contributed by atoms with van der Waals surface area (Å²) in [5.41, 5.74) is 0. The Balaban J connectivity index is 2.77. The minimum absolute atomic E-state index is 0.783. The summed E-state index contributed by atoms with van der Waals surface area (Å²) in [5, 5.41) is 7.95. The molecule has 0 saturated carbocycles. The van der Waals surface area contributed by atoms with Gasteiger partial charge in [0.1, 0.15) is 0 Å². The fourth-order valence-electron chi connectivity index (χ4n) is 0.768. The second-order valence-electron chi connectivity index (χ2n) is 2.88. The molecular formula is C7H15N5. The highest BCUT2D eigenvalue weighted by Gasteiger charge is 2.05. The number of nitrogens with zero attached hydrogens (tertiary/aromatic N) is 4. The number of rotatable bonds is 3. The highest BCUT2D eigenvalue weighted by atomic mass is 15.4. The molecular weight excluding hydrogens is 154 g/mol. The van der Waals surface area contributed by atoms with Gasteiger partial charge < -0.3 is 9.80 Å². The molecule has 5 heteroatoms. The Morgan fingerprint density at radius 2 is 1.75 bits per heavy atom. The lowest BCUT2D eigenvalue weighted by Gasteiger charge is -2.11. The van der Waals surface area contributed by atoms with Crippen LogP contribution in [0.15, 0.2) is 0 Å². The zero-order valence-electron chi connectivity index (χ0n) is 8.00. The summed E-state index contributed by atoms with van der Waals surface area (Å²) >= 11 is 0. The monoisotopic (exact) mass is 169 g/mol. The molecule has 1 heterocycles. The maximum absolute atomic E-state index is 3.99. The zero-order valence-corrected chi connectivity index (χ0v) is 8.00. The van der Waals surface area contributed by atoms with Crippen LogP contribution in [0.3, 0.4) is 0 Å². The van der Waals surface area contributed by atoms with Gasteiger partial charge >= 0.3 is 0 Å². The predicted octanol–water partition coefficient (Wildman–Crippen LogP) is 0.327. The van der Waals surface area contributed by atoms with E-state index in [0.29, 0.717) is 0 Å². The quantitative estimate of drug-likeness (QED) is 0.708. The van der Waals surface area contributed by atoms with Gasteiger partial charge in [0.05, 0.1) is 0 Å². The first-order valence-electron chi connectivity index (χ1n) is 3.96. The molecule has 0 atom stereocenters. The van der Waals surface area contributed by atoms with Gasteiger partial charge in [-0.05, 0) is 6.92 Å². The number of anilines is 2. The van der Waals surface area contributed by atoms with E-state index >= 15 is 0 Å². The van der Waals surface area contributed by atoms with Crippen LogP contribution < -0.4 is 9.80 Å². The van der Waals surface area contributed by atoms with Crippen LogP contribution in [-0.4, -0.2) is 42.9 Å². The first-order chi connectivity index (χ1) is 5.65. The first kappa shape index (κ1) is 8.83. The second kappa shape index (κ2) is 3.42. The minimum atomic E-state index is 0.783. The third kappa shape index (κ3) is 1.66. The smallest absolute Gasteiger partial charge is 0.225 e. The van der Waals surface area contributed by atoms with Crippen molar-refractivity contribution in [1.29, 1.82) is 0 Å². The van der Waals surface area contributed by atoms with Crippen molar-refractivity contribution in [3.8, 4) is 0 Å². The van der Waals surface area contributed by atoms with Gasteiger partial charge in [-0.3, -0.25) is 4.98 Å². The fourth-order valence-corrected chi connectivity index (χ4v) is 0.768. The average Bonchev–Trinajstić information content (AvgIpc) is 2.51. The van der Waals surface area contributed by atoms with Gasteiger partial charge in [0.15, 0.2) is 0 Å². The Kier molecular flexibility index (Phi) is 2.52. The maximum Gasteiger partial charge on any atom is 0.225 e. The fraction of sp³-hybridized carbons (Fsp3) is 0.714. The van der Waals surface area contributed by atoms with Crippen LogP contribution in [0.25, 0.3) is 0 Å². The average molecular weight is 169 g/mol. The molecule has 68 valence electrons. The molecule has 0 unspecified atom stereocenters. The normalized spacial score (nSPS) is 10.0. The zero-order chi connectivity index (χ0) is 9.14. The summed E-state index contributed by atoms with van der Waals surface area (Å²) in [7, 11) is 5.83. The molecule has 1 rings (SSSR count). The van der Waals surface area contributed by atoms with Crippen LogP contribution >= 0.6 is 0 Å². The van der Waals surface area contributed by atoms with Crippen molar-refractivity contribution in [2.75, 3.05) is 37.5 Å². The number of aromatic amines is 1. The molecule has 0 radical (unpaired) electrons. The SMILES string of the molecule is CCN(C)c1nnc(N(C)C)[nH]1. The number of aromatic nitrogens is 3. The van der Waals surface area contributed by atoms with E-state index in [1.54, 1.807) is 0 Å². The van der Waals surface area contributed by atoms with Crippen molar-refractivity contribution in [1.82, 2.24) is 15.2 Å². The van der Waals surface area contributed by atoms with Gasteiger partial charge in [-0.1, -0.05) is 0 Å². The molecule has 0 aliphatic carbocycles. The van der Waals surface area contributed by atoms with Crippen molar-refractivity contribution in [2.45, 2.75) is 6.92 Å². The lowest BCUT2D eigenvalue weighted by molar-refractivity contribution is 0.905. The summed E-state index contributed by atoms with van der Waals surface area (Å²) in [6.07, 6.45) is 0. The summed E-state index contributed by atoms with van der Waals surface area (Å²) in [6.45, 7) is 2.99. The van der Waals surface area contributed by atoms with Crippen LogP contribution in [0.5, 0.6) is 0 Å². The van der Waals surface area contributed by atoms with Gasteiger partial charge in [-0.15, -0.1) is 10.2 Å². The van der Waals surface area contributed by atoms with E-state index < -0.39 is 0 Å². The van der Waals surface area contributed by atoms with Crippen LogP contribution in [0, 0.1) is 0 Å². The van der Waals surface area contributed by atoms with Gasteiger partial charge in [0.25, 0.3) is 0 Å². The third-order valence-electron chi connectivity index (χ3n) is 1.72. The van der Waals surface area contributed by atoms with Crippen molar-refractivity contribution >= 4 is 11.9 Å². The molecule has 0 spiro atoms.